The number of rotatable bonds is 1. The highest BCUT2D eigenvalue weighted by atomic mass is 35.5. The van der Waals surface area contributed by atoms with E-state index in [1.165, 1.54) is 11.3 Å². The highest BCUT2D eigenvalue weighted by molar-refractivity contribution is 6.36. The Kier molecular flexibility index (Phi) is 3.50. The van der Waals surface area contributed by atoms with E-state index in [1.807, 2.05) is 12.1 Å². The van der Waals surface area contributed by atoms with Crippen LogP contribution in [0.3, 0.4) is 0 Å². The molecule has 0 spiro atoms. The molecule has 2 atom stereocenters. The molecule has 5 rings (SSSR count). The van der Waals surface area contributed by atoms with Gasteiger partial charge in [0, 0.05) is 33.6 Å². The molecular formula is C20H20Cl2N2O. The lowest BCUT2D eigenvalue weighted by atomic mass is 9.78. The number of hydrogen-bond acceptors (Lipinski definition) is 3. The van der Waals surface area contributed by atoms with Crippen LogP contribution in [0.15, 0.2) is 30.3 Å². The number of nitrogens with one attached hydrogen (secondary N) is 1. The maximum atomic E-state index is 6.47. The largest absolute Gasteiger partial charge is 0.490 e. The molecule has 0 bridgehead atoms. The van der Waals surface area contributed by atoms with E-state index in [9.17, 15) is 0 Å². The fraction of sp³-hybridized carbons (Fsp3) is 0.400. The van der Waals surface area contributed by atoms with Gasteiger partial charge >= 0.3 is 0 Å². The minimum Gasteiger partial charge on any atom is -0.490 e. The lowest BCUT2D eigenvalue weighted by molar-refractivity contribution is 0.251. The van der Waals surface area contributed by atoms with Gasteiger partial charge in [-0.05, 0) is 55.3 Å². The van der Waals surface area contributed by atoms with E-state index in [4.69, 9.17) is 27.9 Å². The molecule has 1 fully saturated rings. The third kappa shape index (κ3) is 2.22. The van der Waals surface area contributed by atoms with Crippen molar-refractivity contribution in [3.05, 3.63) is 45.9 Å². The minimum absolute atomic E-state index is 0.175. The van der Waals surface area contributed by atoms with Crippen LogP contribution >= 0.6 is 23.2 Å². The van der Waals surface area contributed by atoms with Gasteiger partial charge in [-0.1, -0.05) is 29.3 Å². The van der Waals surface area contributed by atoms with Crippen molar-refractivity contribution in [1.82, 2.24) is 5.32 Å². The van der Waals surface area contributed by atoms with Gasteiger partial charge in [0.2, 0.25) is 0 Å². The molecule has 5 heteroatoms. The Morgan fingerprint density at radius 1 is 1.24 bits per heavy atom. The van der Waals surface area contributed by atoms with Crippen LogP contribution in [0.5, 0.6) is 5.75 Å². The van der Waals surface area contributed by atoms with E-state index in [2.05, 4.69) is 29.3 Å². The van der Waals surface area contributed by atoms with Crippen LogP contribution in [0.1, 0.15) is 24.8 Å². The Hall–Kier alpha value is -1.42. The first kappa shape index (κ1) is 15.8. The number of benzene rings is 2. The van der Waals surface area contributed by atoms with Crippen molar-refractivity contribution in [2.75, 3.05) is 31.1 Å². The van der Waals surface area contributed by atoms with Crippen LogP contribution in [0.25, 0.3) is 11.1 Å². The monoisotopic (exact) mass is 374 g/mol. The van der Waals surface area contributed by atoms with Gasteiger partial charge in [0.1, 0.15) is 12.4 Å². The van der Waals surface area contributed by atoms with Crippen molar-refractivity contribution in [2.24, 2.45) is 0 Å². The van der Waals surface area contributed by atoms with Crippen molar-refractivity contribution < 1.29 is 4.74 Å². The molecule has 3 aliphatic heterocycles. The average molecular weight is 375 g/mol. The molecule has 1 saturated heterocycles. The van der Waals surface area contributed by atoms with Crippen LogP contribution in [0.2, 0.25) is 10.0 Å². The smallest absolute Gasteiger partial charge is 0.143 e. The molecule has 2 aromatic carbocycles. The number of nitrogens with zero attached hydrogens (tertiary/aromatic N) is 1. The van der Waals surface area contributed by atoms with Crippen LogP contribution in [-0.2, 0) is 0 Å². The van der Waals surface area contributed by atoms with Gasteiger partial charge in [-0.15, -0.1) is 0 Å². The van der Waals surface area contributed by atoms with Crippen molar-refractivity contribution in [1.29, 1.82) is 0 Å². The van der Waals surface area contributed by atoms with Gasteiger partial charge in [0.15, 0.2) is 0 Å². The number of fused-ring (bicyclic) bond motifs is 3. The first-order valence-electron chi connectivity index (χ1n) is 8.82. The fourth-order valence-corrected chi connectivity index (χ4v) is 5.31. The summed E-state index contributed by atoms with van der Waals surface area (Å²) in [5.74, 6) is 1.46. The number of anilines is 1. The summed E-state index contributed by atoms with van der Waals surface area (Å²) in [5.41, 5.74) is 4.95. The summed E-state index contributed by atoms with van der Waals surface area (Å²) in [6, 6.07) is 10.1. The molecule has 0 radical (unpaired) electrons. The second-order valence-electron chi connectivity index (χ2n) is 7.40. The molecule has 0 saturated carbocycles. The summed E-state index contributed by atoms with van der Waals surface area (Å²) in [5, 5.41) is 4.90. The van der Waals surface area contributed by atoms with E-state index < -0.39 is 0 Å². The maximum absolute atomic E-state index is 6.47. The maximum Gasteiger partial charge on any atom is 0.143 e. The third-order valence-electron chi connectivity index (χ3n) is 6.09. The quantitative estimate of drug-likeness (QED) is 0.782. The predicted molar refractivity (Wildman–Crippen MR) is 103 cm³/mol. The van der Waals surface area contributed by atoms with E-state index >= 15 is 0 Å². The lowest BCUT2D eigenvalue weighted by Gasteiger charge is -2.45. The van der Waals surface area contributed by atoms with Crippen LogP contribution in [-0.4, -0.2) is 31.8 Å². The number of hydrogen-bond donors (Lipinski definition) is 1. The molecule has 2 unspecified atom stereocenters. The molecular weight excluding hydrogens is 355 g/mol. The first-order chi connectivity index (χ1) is 12.1. The van der Waals surface area contributed by atoms with Crippen LogP contribution < -0.4 is 15.0 Å². The molecule has 2 aromatic rings. The summed E-state index contributed by atoms with van der Waals surface area (Å²) >= 11 is 12.5. The van der Waals surface area contributed by atoms with Crippen molar-refractivity contribution in [3.63, 3.8) is 0 Å². The van der Waals surface area contributed by atoms with Gasteiger partial charge in [-0.25, -0.2) is 0 Å². The SMILES string of the molecule is CC12CCNCC1c1cc(-c3ccc(Cl)cc3Cl)cc3c1N2CCO3. The summed E-state index contributed by atoms with van der Waals surface area (Å²) in [6.45, 7) is 6.19. The van der Waals surface area contributed by atoms with E-state index in [1.54, 1.807) is 6.07 Å². The average Bonchev–Trinajstić information content (AvgIpc) is 2.85. The molecule has 25 heavy (non-hydrogen) atoms. The Morgan fingerprint density at radius 3 is 2.96 bits per heavy atom. The van der Waals surface area contributed by atoms with Crippen LogP contribution in [0, 0.1) is 0 Å². The molecule has 3 nitrogen and oxygen atoms in total. The molecule has 3 aliphatic rings. The predicted octanol–water partition coefficient (Wildman–Crippen LogP) is 4.71. The first-order valence-corrected chi connectivity index (χ1v) is 9.58. The summed E-state index contributed by atoms with van der Waals surface area (Å²) < 4.78 is 6.06. The second kappa shape index (κ2) is 5.54. The van der Waals surface area contributed by atoms with Gasteiger partial charge < -0.3 is 15.0 Å². The van der Waals surface area contributed by atoms with E-state index in [0.717, 1.165) is 49.5 Å². The van der Waals surface area contributed by atoms with Crippen molar-refractivity contribution in [3.8, 4) is 16.9 Å². The number of piperidine rings is 1. The Morgan fingerprint density at radius 2 is 2.12 bits per heavy atom. The van der Waals surface area contributed by atoms with Gasteiger partial charge in [-0.2, -0.15) is 0 Å². The van der Waals surface area contributed by atoms with Crippen molar-refractivity contribution in [2.45, 2.75) is 24.8 Å². The Balaban J connectivity index is 1.71. The highest BCUT2D eigenvalue weighted by Gasteiger charge is 2.51. The normalized spacial score (nSPS) is 26.8. The van der Waals surface area contributed by atoms with E-state index in [-0.39, 0.29) is 5.54 Å². The molecule has 130 valence electrons. The highest BCUT2D eigenvalue weighted by Crippen LogP contribution is 2.56. The topological polar surface area (TPSA) is 24.5 Å². The van der Waals surface area contributed by atoms with Gasteiger partial charge in [0.25, 0.3) is 0 Å². The summed E-state index contributed by atoms with van der Waals surface area (Å²) in [7, 11) is 0. The minimum atomic E-state index is 0.175. The summed E-state index contributed by atoms with van der Waals surface area (Å²) in [4.78, 5) is 2.58. The van der Waals surface area contributed by atoms with Gasteiger partial charge in [0.05, 0.1) is 12.2 Å². The number of ether oxygens (including phenoxy) is 1. The Bertz CT molecular complexity index is 869. The standard InChI is InChI=1S/C20H20Cl2N2O/c1-20-4-5-23-11-16(20)15-8-12(14-3-2-13(21)10-17(14)22)9-18-19(15)24(20)6-7-25-18/h2-3,8-10,16,23H,4-7,11H2,1H3. The molecule has 1 N–H and O–H groups in total. The molecule has 0 aliphatic carbocycles. The molecule has 0 aromatic heterocycles. The third-order valence-corrected chi connectivity index (χ3v) is 6.64. The molecule has 3 heterocycles. The number of halogens is 2. The zero-order valence-corrected chi connectivity index (χ0v) is 15.6. The second-order valence-corrected chi connectivity index (χ2v) is 8.24. The van der Waals surface area contributed by atoms with Crippen LogP contribution in [0.4, 0.5) is 5.69 Å². The summed E-state index contributed by atoms with van der Waals surface area (Å²) in [6.07, 6.45) is 1.16. The van der Waals surface area contributed by atoms with Gasteiger partial charge in [-0.3, -0.25) is 0 Å². The zero-order chi connectivity index (χ0) is 17.2. The fourth-order valence-electron chi connectivity index (χ4n) is 4.79. The Labute approximate surface area is 157 Å². The zero-order valence-electron chi connectivity index (χ0n) is 14.1. The lowest BCUT2D eigenvalue weighted by Crippen LogP contribution is -2.55. The molecule has 0 amide bonds. The van der Waals surface area contributed by atoms with Crippen molar-refractivity contribution >= 4 is 28.9 Å². The van der Waals surface area contributed by atoms with E-state index in [0.29, 0.717) is 16.0 Å².